The minimum Gasteiger partial charge on any atom is -0.508 e. The Bertz CT molecular complexity index is 4040. The smallest absolute Gasteiger partial charge is 0.326 e. The van der Waals surface area contributed by atoms with Gasteiger partial charge in [0, 0.05) is 94.4 Å². The van der Waals surface area contributed by atoms with Gasteiger partial charge in [-0.3, -0.25) is 76.7 Å². The third kappa shape index (κ3) is 30.4. The standard InChI is InChI=1S/C81H115N13O24/c1-6-46(2)70(80(116)94-42-18-25-62(94)77(113)86-55(33-37-66(99)100)73(109)85-54(32-36-65(97)98)72(108)83-47(3)71(107)89-58(43-48-19-11-10-12-20-48)75(111)88-57(81(117)118)35-39-68(103)104)91-78(114)63-26-17-41-93(63)79(115)56(34-38-67(101)102)87-74(110)59(44-49-28-30-50(95)31-29-49)90-76(112)60(45-69(105)106)84-64(96)27-13-8-7-9-14-40-82-53-23-15-22-52-51(53)21-16-24-61(52)92(4)5/h15-16,21-24,28-31,46-48,54-60,62-63,70,82,95H,6-14,17-20,25-27,32-45H2,1-5H3,(H,83,108)(H,84,96)(H,85,109)(H,86,113)(H,87,110)(H,88,111)(H,89,107)(H,90,112)(H,91,114)(H,97,98)(H,99,100)(H,101,102)(H,103,104)(H,105,106)(H,117,118)/t46-,47-,54-,55-,56-,57+,58-,59-,60-,62-,63-,70-/m0/s1. The number of rotatable bonds is 50. The molecule has 17 N–H and O–H groups in total. The molecule has 2 heterocycles. The van der Waals surface area contributed by atoms with E-state index in [1.165, 1.54) is 31.2 Å². The summed E-state index contributed by atoms with van der Waals surface area (Å²) in [5, 5.41) is 96.3. The lowest BCUT2D eigenvalue weighted by Gasteiger charge is -2.34. The number of nitrogens with one attached hydrogen (secondary N) is 10. The Morgan fingerprint density at radius 1 is 0.449 bits per heavy atom. The van der Waals surface area contributed by atoms with Crippen LogP contribution in [0.2, 0.25) is 0 Å². The lowest BCUT2D eigenvalue weighted by atomic mass is 9.84. The van der Waals surface area contributed by atoms with Crippen LogP contribution in [-0.2, 0) is 87.9 Å². The summed E-state index contributed by atoms with van der Waals surface area (Å²) in [6.07, 6.45) is 1.69. The Kier molecular flexibility index (Phi) is 38.3. The minimum absolute atomic E-state index is 0.00149. The predicted octanol–water partition coefficient (Wildman–Crippen LogP) is 3.01. The van der Waals surface area contributed by atoms with Gasteiger partial charge in [0.15, 0.2) is 0 Å². The van der Waals surface area contributed by atoms with Crippen LogP contribution in [-0.4, -0.2) is 247 Å². The summed E-state index contributed by atoms with van der Waals surface area (Å²) >= 11 is 0. The Morgan fingerprint density at radius 2 is 0.932 bits per heavy atom. The minimum atomic E-state index is -1.78. The maximum Gasteiger partial charge on any atom is 0.326 e. The number of carbonyl (C=O) groups excluding carboxylic acids is 11. The lowest BCUT2D eigenvalue weighted by molar-refractivity contribution is -0.146. The highest BCUT2D eigenvalue weighted by molar-refractivity contribution is 6.03. The first kappa shape index (κ1) is 95.2. The molecule has 3 fully saturated rings. The van der Waals surface area contributed by atoms with Gasteiger partial charge in [-0.1, -0.05) is 108 Å². The zero-order valence-electron chi connectivity index (χ0n) is 67.4. The Morgan fingerprint density at radius 3 is 1.52 bits per heavy atom. The summed E-state index contributed by atoms with van der Waals surface area (Å²) < 4.78 is 0. The van der Waals surface area contributed by atoms with Crippen molar-refractivity contribution in [1.29, 1.82) is 0 Å². The van der Waals surface area contributed by atoms with E-state index in [1.54, 1.807) is 13.8 Å². The average Bonchev–Trinajstić information content (AvgIpc) is 1.79. The number of unbranched alkanes of at least 4 members (excludes halogenated alkanes) is 4. The average molecular weight is 1650 g/mol. The Hall–Kier alpha value is -11.7. The largest absolute Gasteiger partial charge is 0.508 e. The van der Waals surface area contributed by atoms with Gasteiger partial charge < -0.3 is 104 Å². The van der Waals surface area contributed by atoms with Gasteiger partial charge in [0.2, 0.25) is 65.0 Å². The molecule has 6 rings (SSSR count). The van der Waals surface area contributed by atoms with Crippen molar-refractivity contribution in [3.63, 3.8) is 0 Å². The fraction of sp³-hybridized carbons (Fsp3) is 0.593. The zero-order valence-corrected chi connectivity index (χ0v) is 67.4. The van der Waals surface area contributed by atoms with Gasteiger partial charge in [0.1, 0.15) is 72.2 Å². The molecular weight excluding hydrogens is 1540 g/mol. The fourth-order valence-corrected chi connectivity index (χ4v) is 14.8. The van der Waals surface area contributed by atoms with Crippen molar-refractivity contribution >= 4 is 123 Å². The highest BCUT2D eigenvalue weighted by Crippen LogP contribution is 2.32. The van der Waals surface area contributed by atoms with Gasteiger partial charge in [-0.05, 0) is 119 Å². The maximum absolute atomic E-state index is 14.9. The summed E-state index contributed by atoms with van der Waals surface area (Å²) in [6.45, 7) is 5.05. The molecule has 0 bridgehead atoms. The predicted molar refractivity (Wildman–Crippen MR) is 427 cm³/mol. The van der Waals surface area contributed by atoms with Crippen molar-refractivity contribution < 1.29 is 117 Å². The van der Waals surface area contributed by atoms with Gasteiger partial charge in [0.25, 0.3) is 0 Å². The highest BCUT2D eigenvalue weighted by Gasteiger charge is 2.45. The molecule has 0 aromatic heterocycles. The number of aromatic hydroxyl groups is 1. The summed E-state index contributed by atoms with van der Waals surface area (Å²) in [6, 6.07) is 0.413. The quantitative estimate of drug-likeness (QED) is 0.0361. The van der Waals surface area contributed by atoms with E-state index in [0.29, 0.717) is 37.8 Å². The second-order valence-corrected chi connectivity index (χ2v) is 30.8. The number of nitrogens with zero attached hydrogens (tertiary/aromatic N) is 3. The molecule has 0 spiro atoms. The van der Waals surface area contributed by atoms with Crippen LogP contribution in [0.25, 0.3) is 10.8 Å². The lowest BCUT2D eigenvalue weighted by Crippen LogP contribution is -2.61. The van der Waals surface area contributed by atoms with E-state index in [2.05, 4.69) is 76.3 Å². The number of phenolic OH excluding ortho intramolecular Hbond substituents is 1. The number of benzene rings is 3. The van der Waals surface area contributed by atoms with Crippen LogP contribution in [0.4, 0.5) is 11.4 Å². The topological polar surface area (TPSA) is 562 Å². The number of likely N-dealkylation sites (tertiary alicyclic amines) is 2. The first-order valence-corrected chi connectivity index (χ1v) is 40.4. The van der Waals surface area contributed by atoms with E-state index in [1.807, 2.05) is 32.3 Å². The molecule has 37 heteroatoms. The van der Waals surface area contributed by atoms with Crippen molar-refractivity contribution in [1.82, 2.24) is 57.7 Å². The summed E-state index contributed by atoms with van der Waals surface area (Å²) in [4.78, 5) is 233. The second-order valence-electron chi connectivity index (χ2n) is 30.8. The second kappa shape index (κ2) is 47.5. The van der Waals surface area contributed by atoms with E-state index in [0.717, 1.165) is 70.5 Å². The molecule has 3 aliphatic rings. The number of amides is 11. The first-order chi connectivity index (χ1) is 56.0. The molecule has 3 aromatic rings. The van der Waals surface area contributed by atoms with Gasteiger partial charge >= 0.3 is 35.8 Å². The van der Waals surface area contributed by atoms with Crippen LogP contribution in [0.15, 0.2) is 60.7 Å². The number of aliphatic carboxylic acids is 6. The number of carboxylic acids is 6. The van der Waals surface area contributed by atoms with Crippen molar-refractivity contribution in [2.24, 2.45) is 11.8 Å². The SMILES string of the molecule is CC[C@H](C)[C@H](NC(=O)[C@@H]1CCCN1C(=O)[C@H](CCC(=O)O)NC(=O)[C@H](Cc1ccc(O)cc1)NC(=O)[C@H](CC(=O)O)NC(=O)CCCCCCCNc1cccc2c(N(C)C)cccc12)C(=O)N1CCC[C@H]1C(=O)N[C@@H](CCC(=O)O)C(=O)N[C@@H](CCC(=O)O)C(=O)N[C@@H](C)C(=O)N[C@@H](CC1CCCCC1)C(=O)N[C@H](CCC(=O)O)C(=O)O. The van der Waals surface area contributed by atoms with Gasteiger partial charge in [-0.25, -0.2) is 4.79 Å². The molecule has 37 nitrogen and oxygen atoms in total. The number of anilines is 2. The van der Waals surface area contributed by atoms with E-state index >= 15 is 0 Å². The molecule has 1 saturated carbocycles. The number of phenols is 1. The van der Waals surface area contributed by atoms with Crippen LogP contribution in [0.5, 0.6) is 5.75 Å². The molecule has 11 amide bonds. The third-order valence-corrected chi connectivity index (χ3v) is 21.5. The summed E-state index contributed by atoms with van der Waals surface area (Å²) in [5.41, 5.74) is 2.45. The number of carbonyl (C=O) groups is 17. The zero-order chi connectivity index (χ0) is 86.9. The fourth-order valence-electron chi connectivity index (χ4n) is 14.8. The van der Waals surface area contributed by atoms with Crippen LogP contribution < -0.4 is 58.1 Å². The van der Waals surface area contributed by atoms with Crippen LogP contribution in [0, 0.1) is 11.8 Å². The van der Waals surface area contributed by atoms with Crippen molar-refractivity contribution in [2.45, 2.75) is 261 Å². The van der Waals surface area contributed by atoms with Crippen molar-refractivity contribution in [3.8, 4) is 5.75 Å². The molecule has 1 aliphatic carbocycles. The van der Waals surface area contributed by atoms with Crippen molar-refractivity contribution in [3.05, 3.63) is 66.2 Å². The number of fused-ring (bicyclic) bond motifs is 1. The summed E-state index contributed by atoms with van der Waals surface area (Å²) in [5.74, 6) is -20.1. The van der Waals surface area contributed by atoms with Gasteiger partial charge in [-0.2, -0.15) is 0 Å². The Balaban J connectivity index is 1.11. The molecule has 118 heavy (non-hydrogen) atoms. The number of carboxylic acid groups (broad SMARTS) is 6. The first-order valence-electron chi connectivity index (χ1n) is 40.4. The van der Waals surface area contributed by atoms with E-state index in [-0.39, 0.29) is 76.1 Å². The monoisotopic (exact) mass is 1650 g/mol. The molecule has 3 aromatic carbocycles. The third-order valence-electron chi connectivity index (χ3n) is 21.5. The van der Waals surface area contributed by atoms with Crippen LogP contribution >= 0.6 is 0 Å². The number of hydrogen-bond donors (Lipinski definition) is 17. The molecule has 648 valence electrons. The van der Waals surface area contributed by atoms with E-state index < -0.39 is 231 Å². The van der Waals surface area contributed by atoms with Gasteiger partial charge in [-0.15, -0.1) is 0 Å². The molecule has 0 unspecified atom stereocenters. The molecule has 2 saturated heterocycles. The van der Waals surface area contributed by atoms with E-state index in [9.17, 15) is 112 Å². The highest BCUT2D eigenvalue weighted by atomic mass is 16.4. The van der Waals surface area contributed by atoms with Gasteiger partial charge in [0.05, 0.1) is 6.42 Å². The molecule has 2 aliphatic heterocycles. The maximum atomic E-state index is 14.9. The molecule has 12 atom stereocenters. The molecular formula is C81H115N13O24. The number of hydrogen-bond acceptors (Lipinski definition) is 20. The summed E-state index contributed by atoms with van der Waals surface area (Å²) in [7, 11) is 3.98. The van der Waals surface area contributed by atoms with Crippen LogP contribution in [0.1, 0.15) is 193 Å². The van der Waals surface area contributed by atoms with E-state index in [4.69, 9.17) is 5.11 Å². The van der Waals surface area contributed by atoms with Crippen LogP contribution in [0.3, 0.4) is 0 Å². The Labute approximate surface area is 683 Å². The molecule has 0 radical (unpaired) electrons. The van der Waals surface area contributed by atoms with Crippen molar-refractivity contribution in [2.75, 3.05) is 43.9 Å². The normalized spacial score (nSPS) is 17.2.